The molecule has 0 bridgehead atoms. The Balaban J connectivity index is 1.19. The van der Waals surface area contributed by atoms with Crippen LogP contribution in [0.5, 0.6) is 0 Å². The number of ether oxygens (including phenoxy) is 1. The van der Waals surface area contributed by atoms with E-state index in [-0.39, 0.29) is 24.5 Å². The minimum absolute atomic E-state index is 0.0166. The minimum Gasteiger partial charge on any atom is -0.449 e. The highest BCUT2D eigenvalue weighted by atomic mass is 16.5. The molecule has 1 fully saturated rings. The molecule has 2 aliphatic rings. The number of benzene rings is 2. The molecule has 1 saturated heterocycles. The zero-order valence-electron chi connectivity index (χ0n) is 22.3. The Hall–Kier alpha value is -2.94. The van der Waals surface area contributed by atoms with Crippen molar-refractivity contribution in [2.75, 3.05) is 13.2 Å². The maximum Gasteiger partial charge on any atom is 0.407 e. The van der Waals surface area contributed by atoms with Crippen LogP contribution in [0.25, 0.3) is 11.1 Å². The second-order valence-corrected chi connectivity index (χ2v) is 11.6. The summed E-state index contributed by atoms with van der Waals surface area (Å²) in [5.74, 6) is -0.188. The zero-order valence-corrected chi connectivity index (χ0v) is 22.3. The van der Waals surface area contributed by atoms with E-state index in [1.54, 1.807) is 0 Å². The molecule has 4 rings (SSSR count). The molecule has 2 aromatic rings. The van der Waals surface area contributed by atoms with Crippen LogP contribution in [0.3, 0.4) is 0 Å². The summed E-state index contributed by atoms with van der Waals surface area (Å²) in [6.45, 7) is 8.48. The number of nitrogens with zero attached hydrogens (tertiary/aromatic N) is 1. The maximum absolute atomic E-state index is 12.7. The highest BCUT2D eigenvalue weighted by Gasteiger charge is 2.45. The van der Waals surface area contributed by atoms with Crippen molar-refractivity contribution in [3.05, 3.63) is 59.7 Å². The number of rotatable bonds is 8. The SMILES string of the molecule is CC1(C)CC(NC(=O)C(N)CCCNC(=O)OCC2c3ccccc3-c3ccccc32)CC(C)(C)N1O. The first-order valence-electron chi connectivity index (χ1n) is 13.1. The molecule has 1 atom stereocenters. The number of fused-ring (bicyclic) bond motifs is 3. The van der Waals surface area contributed by atoms with Gasteiger partial charge in [-0.3, -0.25) is 4.79 Å². The molecule has 5 N–H and O–H groups in total. The molecule has 1 aliphatic carbocycles. The lowest BCUT2D eigenvalue weighted by Crippen LogP contribution is -2.63. The fourth-order valence-electron chi connectivity index (χ4n) is 5.97. The summed E-state index contributed by atoms with van der Waals surface area (Å²) in [7, 11) is 0. The van der Waals surface area contributed by atoms with Crippen LogP contribution < -0.4 is 16.4 Å². The first-order valence-corrected chi connectivity index (χ1v) is 13.1. The molecule has 2 amide bonds. The number of hydroxylamine groups is 2. The Labute approximate surface area is 219 Å². The second-order valence-electron chi connectivity index (χ2n) is 11.6. The largest absolute Gasteiger partial charge is 0.449 e. The van der Waals surface area contributed by atoms with E-state index in [4.69, 9.17) is 10.5 Å². The second kappa shape index (κ2) is 10.8. The third kappa shape index (κ3) is 5.98. The summed E-state index contributed by atoms with van der Waals surface area (Å²) in [4.78, 5) is 25.0. The highest BCUT2D eigenvalue weighted by Crippen LogP contribution is 2.44. The third-order valence-electron chi connectivity index (χ3n) is 7.63. The summed E-state index contributed by atoms with van der Waals surface area (Å²) < 4.78 is 5.56. The topological polar surface area (TPSA) is 117 Å². The van der Waals surface area contributed by atoms with Crippen molar-refractivity contribution in [2.45, 2.75) is 82.5 Å². The Bertz CT molecular complexity index is 1070. The van der Waals surface area contributed by atoms with Gasteiger partial charge in [-0.15, -0.1) is 0 Å². The Morgan fingerprint density at radius 3 is 2.14 bits per heavy atom. The first kappa shape index (κ1) is 27.1. The highest BCUT2D eigenvalue weighted by molar-refractivity contribution is 5.82. The molecule has 200 valence electrons. The number of amides is 2. The molecule has 0 spiro atoms. The van der Waals surface area contributed by atoms with Gasteiger partial charge in [-0.1, -0.05) is 48.5 Å². The van der Waals surface area contributed by atoms with Crippen LogP contribution in [0.1, 0.15) is 70.4 Å². The van der Waals surface area contributed by atoms with Crippen molar-refractivity contribution < 1.29 is 19.5 Å². The Morgan fingerprint density at radius 1 is 1.03 bits per heavy atom. The number of hydrogen-bond acceptors (Lipinski definition) is 6. The molecule has 0 radical (unpaired) electrons. The standard InChI is InChI=1S/C29H40N4O4/c1-28(2)16-19(17-29(3,4)33(28)36)32-26(34)25(30)14-9-15-31-27(35)37-18-24-22-12-7-5-10-20(22)21-11-6-8-13-23(21)24/h5-8,10-13,19,24-25,36H,9,14-18,30H2,1-4H3,(H,31,35)(H,32,34). The number of hydrogen-bond donors (Lipinski definition) is 4. The van der Waals surface area contributed by atoms with E-state index in [1.165, 1.54) is 27.3 Å². The van der Waals surface area contributed by atoms with Crippen molar-refractivity contribution >= 4 is 12.0 Å². The molecular weight excluding hydrogens is 468 g/mol. The normalized spacial score (nSPS) is 19.5. The van der Waals surface area contributed by atoms with E-state index in [0.717, 1.165) is 0 Å². The number of alkyl carbamates (subject to hydrolysis) is 1. The zero-order chi connectivity index (χ0) is 26.8. The van der Waals surface area contributed by atoms with E-state index in [9.17, 15) is 14.8 Å². The van der Waals surface area contributed by atoms with Gasteiger partial charge in [0.05, 0.1) is 6.04 Å². The van der Waals surface area contributed by atoms with Gasteiger partial charge < -0.3 is 26.3 Å². The van der Waals surface area contributed by atoms with E-state index in [1.807, 2.05) is 52.0 Å². The fourth-order valence-corrected chi connectivity index (χ4v) is 5.97. The molecular formula is C29H40N4O4. The Kier molecular flexibility index (Phi) is 7.92. The molecule has 1 aliphatic heterocycles. The first-order chi connectivity index (χ1) is 17.5. The molecule has 2 aromatic carbocycles. The minimum atomic E-state index is -0.664. The molecule has 8 heteroatoms. The van der Waals surface area contributed by atoms with E-state index in [0.29, 0.717) is 32.2 Å². The van der Waals surface area contributed by atoms with Crippen LogP contribution in [0.4, 0.5) is 4.79 Å². The molecule has 1 heterocycles. The molecule has 0 saturated carbocycles. The number of nitrogens with two attached hydrogens (primary N) is 1. The van der Waals surface area contributed by atoms with Crippen LogP contribution in [0, 0.1) is 0 Å². The van der Waals surface area contributed by atoms with E-state index in [2.05, 4.69) is 34.9 Å². The predicted octanol–water partition coefficient (Wildman–Crippen LogP) is 4.16. The van der Waals surface area contributed by atoms with Crippen LogP contribution in [-0.4, -0.2) is 58.6 Å². The van der Waals surface area contributed by atoms with Crippen LogP contribution in [0.15, 0.2) is 48.5 Å². The van der Waals surface area contributed by atoms with Crippen molar-refractivity contribution in [1.82, 2.24) is 15.7 Å². The van der Waals surface area contributed by atoms with Crippen LogP contribution in [-0.2, 0) is 9.53 Å². The number of nitrogens with one attached hydrogen (secondary N) is 2. The van der Waals surface area contributed by atoms with Gasteiger partial charge in [-0.05, 0) is 75.6 Å². The number of carbonyl (C=O) groups excluding carboxylic acids is 2. The smallest absolute Gasteiger partial charge is 0.407 e. The fraction of sp³-hybridized carbons (Fsp3) is 0.517. The van der Waals surface area contributed by atoms with Gasteiger partial charge in [0.25, 0.3) is 0 Å². The number of piperidine rings is 1. The average Bonchev–Trinajstić information content (AvgIpc) is 3.17. The monoisotopic (exact) mass is 508 g/mol. The van der Waals surface area contributed by atoms with Gasteiger partial charge in [-0.2, -0.15) is 5.06 Å². The van der Waals surface area contributed by atoms with Gasteiger partial charge >= 0.3 is 6.09 Å². The van der Waals surface area contributed by atoms with Gasteiger partial charge in [0.2, 0.25) is 5.91 Å². The Morgan fingerprint density at radius 2 is 1.57 bits per heavy atom. The molecule has 8 nitrogen and oxygen atoms in total. The van der Waals surface area contributed by atoms with Crippen molar-refractivity contribution in [3.63, 3.8) is 0 Å². The molecule has 37 heavy (non-hydrogen) atoms. The number of carbonyl (C=O) groups is 2. The summed E-state index contributed by atoms with van der Waals surface area (Å²) in [6, 6.07) is 15.7. The molecule has 1 unspecified atom stereocenters. The molecule has 0 aromatic heterocycles. The van der Waals surface area contributed by atoms with Gasteiger partial charge in [0, 0.05) is 29.6 Å². The quantitative estimate of drug-likeness (QED) is 0.398. The summed E-state index contributed by atoms with van der Waals surface area (Å²) >= 11 is 0. The maximum atomic E-state index is 12.7. The predicted molar refractivity (Wildman–Crippen MR) is 143 cm³/mol. The summed E-state index contributed by atoms with van der Waals surface area (Å²) in [6.07, 6.45) is 1.80. The van der Waals surface area contributed by atoms with Gasteiger partial charge in [-0.25, -0.2) is 4.79 Å². The van der Waals surface area contributed by atoms with E-state index >= 15 is 0 Å². The van der Waals surface area contributed by atoms with Crippen LogP contribution >= 0.6 is 0 Å². The summed E-state index contributed by atoms with van der Waals surface area (Å²) in [5, 5.41) is 17.7. The van der Waals surface area contributed by atoms with Crippen molar-refractivity contribution in [1.29, 1.82) is 0 Å². The average molecular weight is 509 g/mol. The van der Waals surface area contributed by atoms with Crippen molar-refractivity contribution in [3.8, 4) is 11.1 Å². The lowest BCUT2D eigenvalue weighted by molar-refractivity contribution is -0.246. The van der Waals surface area contributed by atoms with Gasteiger partial charge in [0.15, 0.2) is 0 Å². The lowest BCUT2D eigenvalue weighted by atomic mass is 9.79. The van der Waals surface area contributed by atoms with Gasteiger partial charge in [0.1, 0.15) is 6.61 Å². The van der Waals surface area contributed by atoms with Crippen molar-refractivity contribution in [2.24, 2.45) is 5.73 Å². The lowest BCUT2D eigenvalue weighted by Gasteiger charge is -2.51. The van der Waals surface area contributed by atoms with Crippen LogP contribution in [0.2, 0.25) is 0 Å². The van der Waals surface area contributed by atoms with E-state index < -0.39 is 23.2 Å². The third-order valence-corrected chi connectivity index (χ3v) is 7.63. The summed E-state index contributed by atoms with van der Waals surface area (Å²) in [5.41, 5.74) is 9.95.